The van der Waals surface area contributed by atoms with Crippen molar-refractivity contribution < 1.29 is 4.74 Å². The number of ether oxygens (including phenoxy) is 1. The number of rotatable bonds is 3. The van der Waals surface area contributed by atoms with Gasteiger partial charge in [0.2, 0.25) is 0 Å². The molecular weight excluding hydrogens is 198 g/mol. The van der Waals surface area contributed by atoms with Gasteiger partial charge in [0, 0.05) is 18.7 Å². The fourth-order valence-corrected chi connectivity index (χ4v) is 3.24. The Kier molecular flexibility index (Phi) is 4.66. The van der Waals surface area contributed by atoms with Crippen molar-refractivity contribution in [3.8, 4) is 0 Å². The van der Waals surface area contributed by atoms with Crippen molar-refractivity contribution in [1.82, 2.24) is 5.32 Å². The summed E-state index contributed by atoms with van der Waals surface area (Å²) in [4.78, 5) is 0. The van der Waals surface area contributed by atoms with Crippen LogP contribution in [0.3, 0.4) is 0 Å². The Morgan fingerprint density at radius 1 is 1.06 bits per heavy atom. The van der Waals surface area contributed by atoms with Crippen LogP contribution in [0.4, 0.5) is 0 Å². The van der Waals surface area contributed by atoms with Gasteiger partial charge in [0.05, 0.1) is 6.10 Å². The summed E-state index contributed by atoms with van der Waals surface area (Å²) in [6.45, 7) is 5.52. The molecule has 0 spiro atoms. The van der Waals surface area contributed by atoms with Gasteiger partial charge in [-0.3, -0.25) is 0 Å². The maximum absolute atomic E-state index is 5.62. The molecule has 0 radical (unpaired) electrons. The topological polar surface area (TPSA) is 21.3 Å². The van der Waals surface area contributed by atoms with Crippen LogP contribution in [0.1, 0.15) is 58.8 Å². The molecule has 0 amide bonds. The lowest BCUT2D eigenvalue weighted by molar-refractivity contribution is 0.108. The second-order valence-electron chi connectivity index (χ2n) is 5.68. The first-order chi connectivity index (χ1) is 7.77. The summed E-state index contributed by atoms with van der Waals surface area (Å²) in [6.07, 6.45) is 10.2. The average Bonchev–Trinajstić information content (AvgIpc) is 2.57. The molecule has 2 unspecified atom stereocenters. The van der Waals surface area contributed by atoms with Crippen LogP contribution in [0.15, 0.2) is 0 Å². The molecule has 2 aliphatic rings. The maximum Gasteiger partial charge on any atom is 0.0700 e. The summed E-state index contributed by atoms with van der Waals surface area (Å²) >= 11 is 0. The number of hydrogen-bond donors (Lipinski definition) is 1. The SMILES string of the molecule is CC1OCCC1N[C@H](C)C1CCCCCC1. The number of nitrogens with one attached hydrogen (secondary N) is 1. The fraction of sp³-hybridized carbons (Fsp3) is 1.00. The summed E-state index contributed by atoms with van der Waals surface area (Å²) in [5, 5.41) is 3.80. The van der Waals surface area contributed by atoms with E-state index < -0.39 is 0 Å². The summed E-state index contributed by atoms with van der Waals surface area (Å²) in [7, 11) is 0. The molecule has 2 rings (SSSR count). The van der Waals surface area contributed by atoms with Crippen LogP contribution in [0.2, 0.25) is 0 Å². The first-order valence-corrected chi connectivity index (χ1v) is 7.15. The summed E-state index contributed by atoms with van der Waals surface area (Å²) in [6, 6.07) is 1.27. The standard InChI is InChI=1S/C14H27NO/c1-11(13-7-5-3-4-6-8-13)15-14-9-10-16-12(14)2/h11-15H,3-10H2,1-2H3/t11-,12?,14?/m1/s1. The third-order valence-electron chi connectivity index (χ3n) is 4.46. The van der Waals surface area contributed by atoms with Crippen molar-refractivity contribution in [2.45, 2.75) is 77.0 Å². The van der Waals surface area contributed by atoms with Gasteiger partial charge in [0.15, 0.2) is 0 Å². The van der Waals surface area contributed by atoms with Gasteiger partial charge in [-0.25, -0.2) is 0 Å². The van der Waals surface area contributed by atoms with Crippen molar-refractivity contribution >= 4 is 0 Å². The van der Waals surface area contributed by atoms with Crippen LogP contribution >= 0.6 is 0 Å². The summed E-state index contributed by atoms with van der Waals surface area (Å²) in [5.74, 6) is 0.898. The van der Waals surface area contributed by atoms with E-state index in [-0.39, 0.29) is 0 Å². The van der Waals surface area contributed by atoms with E-state index in [4.69, 9.17) is 4.74 Å². The lowest BCUT2D eigenvalue weighted by Crippen LogP contribution is -2.44. The fourth-order valence-electron chi connectivity index (χ4n) is 3.24. The molecule has 0 bridgehead atoms. The Morgan fingerprint density at radius 2 is 1.75 bits per heavy atom. The molecule has 1 N–H and O–H groups in total. The first-order valence-electron chi connectivity index (χ1n) is 7.15. The van der Waals surface area contributed by atoms with E-state index in [1.54, 1.807) is 0 Å². The molecule has 1 saturated heterocycles. The molecule has 1 saturated carbocycles. The Bertz CT molecular complexity index is 199. The number of hydrogen-bond acceptors (Lipinski definition) is 2. The Balaban J connectivity index is 1.79. The highest BCUT2D eigenvalue weighted by molar-refractivity contribution is 4.84. The molecule has 1 aliphatic carbocycles. The van der Waals surface area contributed by atoms with Crippen LogP contribution < -0.4 is 5.32 Å². The lowest BCUT2D eigenvalue weighted by atomic mass is 9.92. The monoisotopic (exact) mass is 225 g/mol. The van der Waals surface area contributed by atoms with Crippen molar-refractivity contribution in [2.24, 2.45) is 5.92 Å². The van der Waals surface area contributed by atoms with E-state index in [2.05, 4.69) is 19.2 Å². The zero-order valence-corrected chi connectivity index (χ0v) is 10.9. The van der Waals surface area contributed by atoms with Gasteiger partial charge >= 0.3 is 0 Å². The average molecular weight is 225 g/mol. The molecule has 3 atom stereocenters. The second-order valence-corrected chi connectivity index (χ2v) is 5.68. The minimum absolute atomic E-state index is 0.410. The van der Waals surface area contributed by atoms with Gasteiger partial charge < -0.3 is 10.1 Å². The molecule has 94 valence electrons. The molecule has 16 heavy (non-hydrogen) atoms. The van der Waals surface area contributed by atoms with Crippen LogP contribution in [0, 0.1) is 5.92 Å². The van der Waals surface area contributed by atoms with E-state index >= 15 is 0 Å². The summed E-state index contributed by atoms with van der Waals surface area (Å²) in [5.41, 5.74) is 0. The minimum Gasteiger partial charge on any atom is -0.377 e. The molecule has 2 heteroatoms. The highest BCUT2D eigenvalue weighted by Crippen LogP contribution is 2.26. The molecular formula is C14H27NO. The van der Waals surface area contributed by atoms with Gasteiger partial charge in [-0.05, 0) is 39.0 Å². The molecule has 0 aromatic carbocycles. The van der Waals surface area contributed by atoms with E-state index in [1.807, 2.05) is 0 Å². The van der Waals surface area contributed by atoms with Crippen molar-refractivity contribution in [3.63, 3.8) is 0 Å². The minimum atomic E-state index is 0.410. The Morgan fingerprint density at radius 3 is 2.31 bits per heavy atom. The molecule has 0 aromatic rings. The molecule has 1 aliphatic heterocycles. The highest BCUT2D eigenvalue weighted by atomic mass is 16.5. The first kappa shape index (κ1) is 12.4. The molecule has 0 aromatic heterocycles. The zero-order chi connectivity index (χ0) is 11.4. The molecule has 1 heterocycles. The van der Waals surface area contributed by atoms with E-state index in [0.717, 1.165) is 12.5 Å². The predicted molar refractivity (Wildman–Crippen MR) is 67.6 cm³/mol. The Labute approximate surface area is 100 Å². The lowest BCUT2D eigenvalue weighted by Gasteiger charge is -2.28. The van der Waals surface area contributed by atoms with Crippen LogP contribution in [-0.2, 0) is 4.74 Å². The highest BCUT2D eigenvalue weighted by Gasteiger charge is 2.28. The Hall–Kier alpha value is -0.0800. The smallest absolute Gasteiger partial charge is 0.0700 e. The predicted octanol–water partition coefficient (Wildman–Crippen LogP) is 3.11. The zero-order valence-electron chi connectivity index (χ0n) is 10.9. The molecule has 2 nitrogen and oxygen atoms in total. The van der Waals surface area contributed by atoms with Crippen molar-refractivity contribution in [2.75, 3.05) is 6.61 Å². The van der Waals surface area contributed by atoms with E-state index in [9.17, 15) is 0 Å². The van der Waals surface area contributed by atoms with Gasteiger partial charge in [-0.2, -0.15) is 0 Å². The van der Waals surface area contributed by atoms with Crippen LogP contribution in [0.25, 0.3) is 0 Å². The quantitative estimate of drug-likeness (QED) is 0.745. The van der Waals surface area contributed by atoms with E-state index in [1.165, 1.54) is 44.9 Å². The third kappa shape index (κ3) is 3.21. The van der Waals surface area contributed by atoms with Gasteiger partial charge in [-0.15, -0.1) is 0 Å². The maximum atomic E-state index is 5.62. The molecule has 2 fully saturated rings. The van der Waals surface area contributed by atoms with Crippen molar-refractivity contribution in [3.05, 3.63) is 0 Å². The van der Waals surface area contributed by atoms with Gasteiger partial charge in [0.25, 0.3) is 0 Å². The van der Waals surface area contributed by atoms with Gasteiger partial charge in [-0.1, -0.05) is 25.7 Å². The second kappa shape index (κ2) is 6.02. The van der Waals surface area contributed by atoms with E-state index in [0.29, 0.717) is 18.2 Å². The summed E-state index contributed by atoms with van der Waals surface area (Å²) < 4.78 is 5.62. The van der Waals surface area contributed by atoms with Gasteiger partial charge in [0.1, 0.15) is 0 Å². The normalized spacial score (nSPS) is 34.9. The van der Waals surface area contributed by atoms with Crippen molar-refractivity contribution in [1.29, 1.82) is 0 Å². The third-order valence-corrected chi connectivity index (χ3v) is 4.46. The largest absolute Gasteiger partial charge is 0.377 e. The van der Waals surface area contributed by atoms with Crippen LogP contribution in [-0.4, -0.2) is 24.8 Å². The van der Waals surface area contributed by atoms with Crippen LogP contribution in [0.5, 0.6) is 0 Å².